The molecule has 2 aromatic heterocycles. The van der Waals surface area contributed by atoms with Crippen LogP contribution in [0.1, 0.15) is 64.5 Å². The van der Waals surface area contributed by atoms with Gasteiger partial charge in [0.2, 0.25) is 0 Å². The maximum atomic E-state index is 14.0. The first-order valence-corrected chi connectivity index (χ1v) is 15.8. The average molecular weight is 852 g/mol. The normalized spacial score (nSPS) is 12.5. The van der Waals surface area contributed by atoms with Gasteiger partial charge in [-0.15, -0.1) is 23.6 Å². The number of rotatable bonds is 8. The molecule has 0 fully saturated rings. The van der Waals surface area contributed by atoms with Crippen LogP contribution in [0.4, 0.5) is 26.3 Å². The van der Waals surface area contributed by atoms with E-state index in [1.807, 2.05) is 45.9 Å². The molecule has 47 heavy (non-hydrogen) atoms. The number of halogens is 6. The van der Waals surface area contributed by atoms with Crippen LogP contribution in [0, 0.1) is 17.9 Å². The van der Waals surface area contributed by atoms with Gasteiger partial charge in [-0.05, 0) is 63.6 Å². The molecule has 0 saturated heterocycles. The molecule has 0 atom stereocenters. The van der Waals surface area contributed by atoms with Gasteiger partial charge in [-0.3, -0.25) is 9.78 Å². The molecule has 5 rings (SSSR count). The molecule has 1 radical (unpaired) electrons. The van der Waals surface area contributed by atoms with Gasteiger partial charge in [0.15, 0.2) is 5.78 Å². The number of alkyl halides is 6. The van der Waals surface area contributed by atoms with Gasteiger partial charge < -0.3 is 5.11 Å². The first-order chi connectivity index (χ1) is 21.7. The molecule has 12 heteroatoms. The van der Waals surface area contributed by atoms with Crippen molar-refractivity contribution >= 4 is 48.9 Å². The Bertz CT molecular complexity index is 1840. The Kier molecular flexibility index (Phi) is 12.7. The van der Waals surface area contributed by atoms with Crippen molar-refractivity contribution in [3.05, 3.63) is 83.9 Å². The summed E-state index contributed by atoms with van der Waals surface area (Å²) in [5, 5.41) is 10.0. The number of carbonyl (C=O) groups is 1. The number of aromatic nitrogens is 2. The molecule has 253 valence electrons. The Balaban J connectivity index is 0.000000322. The van der Waals surface area contributed by atoms with E-state index in [2.05, 4.69) is 16.0 Å². The van der Waals surface area contributed by atoms with Crippen LogP contribution in [0.2, 0.25) is 0 Å². The minimum Gasteiger partial charge on any atom is -0.512 e. The first-order valence-electron chi connectivity index (χ1n) is 14.9. The third-order valence-corrected chi connectivity index (χ3v) is 9.07. The van der Waals surface area contributed by atoms with E-state index in [0.29, 0.717) is 10.9 Å². The van der Waals surface area contributed by atoms with Crippen LogP contribution < -0.4 is 0 Å². The van der Waals surface area contributed by atoms with Crippen molar-refractivity contribution in [3.63, 3.8) is 0 Å². The molecule has 0 aliphatic carbocycles. The van der Waals surface area contributed by atoms with Gasteiger partial charge in [0.1, 0.15) is 6.33 Å². The number of benzene rings is 3. The van der Waals surface area contributed by atoms with Crippen LogP contribution in [0.15, 0.2) is 66.7 Å². The van der Waals surface area contributed by atoms with Crippen molar-refractivity contribution in [2.24, 2.45) is 11.8 Å². The second-order valence-corrected chi connectivity index (χ2v) is 11.9. The quantitative estimate of drug-likeness (QED) is 0.0555. The zero-order chi connectivity index (χ0) is 33.8. The number of hydrogen-bond acceptors (Lipinski definition) is 5. The fourth-order valence-electron chi connectivity index (χ4n) is 5.37. The maximum absolute atomic E-state index is 14.0. The average Bonchev–Trinajstić information content (AvgIpc) is 3.44. The number of aliphatic hydroxyl groups excluding tert-OH is 1. The van der Waals surface area contributed by atoms with Crippen molar-refractivity contribution < 1.29 is 56.3 Å². The number of thiophene rings is 1. The summed E-state index contributed by atoms with van der Waals surface area (Å²) in [6, 6.07) is 13.9. The Hall–Kier alpha value is -3.34. The fourth-order valence-corrected chi connectivity index (χ4v) is 6.39. The van der Waals surface area contributed by atoms with Crippen molar-refractivity contribution in [1.29, 1.82) is 0 Å². The molecule has 0 aliphatic rings. The van der Waals surface area contributed by atoms with E-state index < -0.39 is 23.5 Å². The Morgan fingerprint density at radius 1 is 0.872 bits per heavy atom. The van der Waals surface area contributed by atoms with Gasteiger partial charge in [-0.1, -0.05) is 52.0 Å². The van der Waals surface area contributed by atoms with Crippen LogP contribution in [-0.2, 0) is 37.3 Å². The van der Waals surface area contributed by atoms with Crippen molar-refractivity contribution in [2.75, 3.05) is 0 Å². The molecule has 5 aromatic rings. The van der Waals surface area contributed by atoms with Crippen molar-refractivity contribution in [3.8, 4) is 10.6 Å². The predicted molar refractivity (Wildman–Crippen MR) is 171 cm³/mol. The summed E-state index contributed by atoms with van der Waals surface area (Å²) in [6.07, 6.45) is -3.58. The van der Waals surface area contributed by atoms with Gasteiger partial charge in [0.25, 0.3) is 0 Å². The summed E-state index contributed by atoms with van der Waals surface area (Å²) in [7, 11) is 0. The molecular formula is C35H33F6IrN2O2S-. The summed E-state index contributed by atoms with van der Waals surface area (Å²) in [5.41, 5.74) is -2.29. The minimum absolute atomic E-state index is 0. The Morgan fingerprint density at radius 3 is 2.09 bits per heavy atom. The number of nitrogens with zero attached hydrogens (tertiary/aromatic N) is 2. The van der Waals surface area contributed by atoms with Crippen molar-refractivity contribution in [1.82, 2.24) is 9.97 Å². The van der Waals surface area contributed by atoms with Gasteiger partial charge in [0, 0.05) is 43.7 Å². The summed E-state index contributed by atoms with van der Waals surface area (Å²) in [5.74, 6) is 0.547. The second kappa shape index (κ2) is 15.7. The monoisotopic (exact) mass is 852 g/mol. The van der Waals surface area contributed by atoms with E-state index in [4.69, 9.17) is 0 Å². The smallest absolute Gasteiger partial charge is 0.419 e. The van der Waals surface area contributed by atoms with Crippen LogP contribution in [0.3, 0.4) is 0 Å². The molecule has 3 aromatic carbocycles. The van der Waals surface area contributed by atoms with E-state index in [-0.39, 0.29) is 70.9 Å². The second-order valence-electron chi connectivity index (χ2n) is 10.9. The van der Waals surface area contributed by atoms with Crippen LogP contribution in [0.25, 0.3) is 42.3 Å². The third kappa shape index (κ3) is 8.58. The summed E-state index contributed by atoms with van der Waals surface area (Å²) >= 11 is 1.28. The van der Waals surface area contributed by atoms with E-state index >= 15 is 0 Å². The van der Waals surface area contributed by atoms with E-state index in [1.54, 1.807) is 6.07 Å². The molecule has 0 amide bonds. The number of ketones is 1. The maximum Gasteiger partial charge on any atom is 0.419 e. The minimum atomic E-state index is -4.83. The molecule has 0 spiro atoms. The molecule has 0 unspecified atom stereocenters. The first kappa shape index (κ1) is 38.1. The topological polar surface area (TPSA) is 63.1 Å². The molecule has 4 nitrogen and oxygen atoms in total. The number of aliphatic hydroxyl groups is 1. The van der Waals surface area contributed by atoms with Crippen LogP contribution in [-0.4, -0.2) is 20.9 Å². The van der Waals surface area contributed by atoms with Gasteiger partial charge in [0.05, 0.1) is 22.4 Å². The van der Waals surface area contributed by atoms with Crippen molar-refractivity contribution in [2.45, 2.75) is 65.7 Å². The van der Waals surface area contributed by atoms with E-state index in [1.165, 1.54) is 23.5 Å². The molecule has 0 bridgehead atoms. The van der Waals surface area contributed by atoms with Gasteiger partial charge in [-0.2, -0.15) is 26.3 Å². The molecule has 0 aliphatic heterocycles. The largest absolute Gasteiger partial charge is 0.512 e. The van der Waals surface area contributed by atoms with Gasteiger partial charge >= 0.3 is 12.4 Å². The number of allylic oxidation sites excluding steroid dienone is 2. The van der Waals surface area contributed by atoms with E-state index in [9.17, 15) is 36.2 Å². The standard InChI is InChI=1S/C22H9F6N2S.C13H24O2.Ir/c23-21(24,25)13-5-6-14-12(7-13)8-15-19(17-9-11-3-1-2-4-16(11)31-17)29-10-30-20(15)18(14)22(26,27)28;1-5-10(6-2)12(14)9-13(15)11(7-3)8-4;/h1-8,10H;9-11,14H,5-8H2,1-4H3;/q-1;;/b;12-9-;. The Labute approximate surface area is 286 Å². The summed E-state index contributed by atoms with van der Waals surface area (Å²) in [4.78, 5) is 20.2. The molecule has 0 saturated carbocycles. The zero-order valence-corrected chi connectivity index (χ0v) is 29.2. The third-order valence-electron chi connectivity index (χ3n) is 8.00. The SMILES string of the molecule is CCC(CC)C(=O)/C=C(\O)C(CC)CC.FC(F)(F)c1ccc2c(C(F)(F)F)c3ncnc(-c4[c-]c5ccccc5s4)c3cc2c1.[Ir]. The number of carbonyl (C=O) groups excluding carboxylic acids is 1. The molecular weight excluding hydrogens is 819 g/mol. The molecule has 1 N–H and O–H groups in total. The predicted octanol–water partition coefficient (Wildman–Crippen LogP) is 11.4. The molecule has 2 heterocycles. The van der Waals surface area contributed by atoms with Gasteiger partial charge in [-0.25, -0.2) is 16.3 Å². The van der Waals surface area contributed by atoms with E-state index in [0.717, 1.165) is 54.2 Å². The number of hydrogen-bond donors (Lipinski definition) is 1. The Morgan fingerprint density at radius 2 is 1.51 bits per heavy atom. The zero-order valence-electron chi connectivity index (χ0n) is 26.0. The summed E-state index contributed by atoms with van der Waals surface area (Å²) in [6.45, 7) is 8.07. The van der Waals surface area contributed by atoms with Crippen LogP contribution >= 0.6 is 11.3 Å². The summed E-state index contributed by atoms with van der Waals surface area (Å²) < 4.78 is 82.4. The fraction of sp³-hybridized carbons (Fsp3) is 0.343. The van der Waals surface area contributed by atoms with Crippen LogP contribution in [0.5, 0.6) is 0 Å². The number of fused-ring (bicyclic) bond motifs is 3.